The zero-order valence-electron chi connectivity index (χ0n) is 16.2. The highest BCUT2D eigenvalue weighted by molar-refractivity contribution is 9.10. The lowest BCUT2D eigenvalue weighted by atomic mass is 10.1. The van der Waals surface area contributed by atoms with Gasteiger partial charge >= 0.3 is 5.97 Å². The van der Waals surface area contributed by atoms with E-state index in [2.05, 4.69) is 26.6 Å². The van der Waals surface area contributed by atoms with Gasteiger partial charge in [-0.1, -0.05) is 52.3 Å². The number of rotatable bonds is 8. The van der Waals surface area contributed by atoms with Crippen molar-refractivity contribution in [2.75, 3.05) is 17.2 Å². The van der Waals surface area contributed by atoms with Crippen LogP contribution in [0.1, 0.15) is 19.3 Å². The third kappa shape index (κ3) is 6.42. The number of halogens is 1. The minimum Gasteiger partial charge on any atom is -0.456 e. The van der Waals surface area contributed by atoms with Crippen molar-refractivity contribution >= 4 is 55.9 Å². The number of anilines is 2. The Morgan fingerprint density at radius 1 is 0.800 bits per heavy atom. The molecule has 3 aromatic rings. The number of esters is 1. The lowest BCUT2D eigenvalue weighted by Gasteiger charge is -2.09. The second-order valence-electron chi connectivity index (χ2n) is 6.64. The summed E-state index contributed by atoms with van der Waals surface area (Å²) in [5.41, 5.74) is 1.36. The van der Waals surface area contributed by atoms with E-state index in [4.69, 9.17) is 4.74 Å². The standard InChI is InChI=1S/C23H21BrN2O4/c24-17-11-13-18(14-12-17)25-22(28)15-30-23(29)10-4-9-21(27)26-20-8-3-6-16-5-1-2-7-19(16)20/h1-3,5-8,11-14H,4,9-10,15H2,(H,25,28)(H,26,27). The smallest absolute Gasteiger partial charge is 0.306 e. The van der Waals surface area contributed by atoms with E-state index in [1.807, 2.05) is 42.5 Å². The van der Waals surface area contributed by atoms with Gasteiger partial charge in [0.15, 0.2) is 6.61 Å². The second-order valence-corrected chi connectivity index (χ2v) is 7.56. The van der Waals surface area contributed by atoms with E-state index >= 15 is 0 Å². The highest BCUT2D eigenvalue weighted by Gasteiger charge is 2.10. The number of benzene rings is 3. The minimum absolute atomic E-state index is 0.0640. The number of carbonyl (C=O) groups is 3. The van der Waals surface area contributed by atoms with Crippen LogP contribution in [-0.4, -0.2) is 24.4 Å². The van der Waals surface area contributed by atoms with Crippen molar-refractivity contribution in [2.24, 2.45) is 0 Å². The normalized spacial score (nSPS) is 10.4. The molecule has 30 heavy (non-hydrogen) atoms. The van der Waals surface area contributed by atoms with Crippen molar-refractivity contribution in [2.45, 2.75) is 19.3 Å². The van der Waals surface area contributed by atoms with Crippen LogP contribution in [0.2, 0.25) is 0 Å². The van der Waals surface area contributed by atoms with Gasteiger partial charge in [-0.15, -0.1) is 0 Å². The molecule has 7 heteroatoms. The van der Waals surface area contributed by atoms with E-state index in [1.165, 1.54) is 0 Å². The Morgan fingerprint density at radius 3 is 2.33 bits per heavy atom. The summed E-state index contributed by atoms with van der Waals surface area (Å²) in [6.07, 6.45) is 0.585. The Kier molecular flexibility index (Phi) is 7.57. The molecular weight excluding hydrogens is 448 g/mol. The Bertz CT molecular complexity index is 1050. The van der Waals surface area contributed by atoms with Gasteiger partial charge in [0, 0.05) is 34.1 Å². The van der Waals surface area contributed by atoms with Crippen LogP contribution in [0.25, 0.3) is 10.8 Å². The molecule has 0 aliphatic heterocycles. The summed E-state index contributed by atoms with van der Waals surface area (Å²) in [7, 11) is 0. The first-order valence-corrected chi connectivity index (χ1v) is 10.3. The van der Waals surface area contributed by atoms with Gasteiger partial charge < -0.3 is 15.4 Å². The summed E-state index contributed by atoms with van der Waals surface area (Å²) in [5, 5.41) is 7.53. The molecule has 0 atom stereocenters. The molecular formula is C23H21BrN2O4. The average Bonchev–Trinajstić information content (AvgIpc) is 2.74. The number of nitrogens with one attached hydrogen (secondary N) is 2. The molecule has 0 saturated carbocycles. The van der Waals surface area contributed by atoms with Gasteiger partial charge in [0.05, 0.1) is 0 Å². The van der Waals surface area contributed by atoms with Crippen molar-refractivity contribution < 1.29 is 19.1 Å². The molecule has 2 N–H and O–H groups in total. The number of amides is 2. The highest BCUT2D eigenvalue weighted by Crippen LogP contribution is 2.23. The molecule has 0 heterocycles. The Morgan fingerprint density at radius 2 is 1.53 bits per heavy atom. The molecule has 0 fully saturated rings. The van der Waals surface area contributed by atoms with Crippen LogP contribution in [0.4, 0.5) is 11.4 Å². The van der Waals surface area contributed by atoms with Crippen molar-refractivity contribution in [1.82, 2.24) is 0 Å². The molecule has 0 spiro atoms. The molecule has 6 nitrogen and oxygen atoms in total. The molecule has 2 amide bonds. The number of ether oxygens (including phenoxy) is 1. The van der Waals surface area contributed by atoms with Crippen LogP contribution >= 0.6 is 15.9 Å². The van der Waals surface area contributed by atoms with E-state index in [9.17, 15) is 14.4 Å². The topological polar surface area (TPSA) is 84.5 Å². The minimum atomic E-state index is -0.515. The van der Waals surface area contributed by atoms with E-state index in [0.29, 0.717) is 12.1 Å². The fourth-order valence-corrected chi connectivity index (χ4v) is 3.15. The molecule has 0 radical (unpaired) electrons. The summed E-state index contributed by atoms with van der Waals surface area (Å²) in [6.45, 7) is -0.364. The largest absolute Gasteiger partial charge is 0.456 e. The van der Waals surface area contributed by atoms with Gasteiger partial charge in [-0.25, -0.2) is 0 Å². The van der Waals surface area contributed by atoms with Gasteiger partial charge in [-0.3, -0.25) is 14.4 Å². The van der Waals surface area contributed by atoms with Gasteiger partial charge in [0.1, 0.15) is 0 Å². The quantitative estimate of drug-likeness (QED) is 0.460. The molecule has 3 aromatic carbocycles. The third-order valence-corrected chi connectivity index (χ3v) is 4.87. The summed E-state index contributed by atoms with van der Waals surface area (Å²) < 4.78 is 5.87. The average molecular weight is 469 g/mol. The van der Waals surface area contributed by atoms with Gasteiger partial charge in [0.25, 0.3) is 5.91 Å². The lowest BCUT2D eigenvalue weighted by molar-refractivity contribution is -0.147. The Hall–Kier alpha value is -3.19. The van der Waals surface area contributed by atoms with Crippen molar-refractivity contribution in [3.8, 4) is 0 Å². The Labute approximate surface area is 182 Å². The van der Waals surface area contributed by atoms with Gasteiger partial charge in [-0.05, 0) is 42.1 Å². The number of fused-ring (bicyclic) bond motifs is 1. The molecule has 3 rings (SSSR count). The molecule has 0 aliphatic rings. The predicted octanol–water partition coefficient (Wildman–Crippen LogP) is 4.89. The third-order valence-electron chi connectivity index (χ3n) is 4.34. The maximum atomic E-state index is 12.2. The van der Waals surface area contributed by atoms with E-state index in [-0.39, 0.29) is 25.4 Å². The molecule has 154 valence electrons. The van der Waals surface area contributed by atoms with Crippen molar-refractivity contribution in [1.29, 1.82) is 0 Å². The van der Waals surface area contributed by atoms with E-state index in [0.717, 1.165) is 20.9 Å². The first-order valence-electron chi connectivity index (χ1n) is 9.50. The van der Waals surface area contributed by atoms with Gasteiger partial charge in [-0.2, -0.15) is 0 Å². The van der Waals surface area contributed by atoms with Crippen LogP contribution < -0.4 is 10.6 Å². The predicted molar refractivity (Wildman–Crippen MR) is 120 cm³/mol. The second kappa shape index (κ2) is 10.5. The molecule has 0 aliphatic carbocycles. The lowest BCUT2D eigenvalue weighted by Crippen LogP contribution is -2.21. The first kappa shape index (κ1) is 21.5. The van der Waals surface area contributed by atoms with E-state index < -0.39 is 11.9 Å². The molecule has 0 unspecified atom stereocenters. The fraction of sp³-hybridized carbons (Fsp3) is 0.174. The molecule has 0 aromatic heterocycles. The molecule has 0 saturated heterocycles. The zero-order chi connectivity index (χ0) is 21.3. The van der Waals surface area contributed by atoms with Crippen LogP contribution in [0.15, 0.2) is 71.2 Å². The van der Waals surface area contributed by atoms with Crippen molar-refractivity contribution in [3.63, 3.8) is 0 Å². The maximum absolute atomic E-state index is 12.2. The number of hydrogen-bond donors (Lipinski definition) is 2. The summed E-state index contributed by atoms with van der Waals surface area (Å²) in [4.78, 5) is 35.8. The summed E-state index contributed by atoms with van der Waals surface area (Å²) >= 11 is 3.31. The molecule has 0 bridgehead atoms. The number of hydrogen-bond acceptors (Lipinski definition) is 4. The fourth-order valence-electron chi connectivity index (χ4n) is 2.89. The van der Waals surface area contributed by atoms with Crippen molar-refractivity contribution in [3.05, 3.63) is 71.2 Å². The van der Waals surface area contributed by atoms with Crippen LogP contribution in [0, 0.1) is 0 Å². The van der Waals surface area contributed by atoms with Crippen LogP contribution in [0.5, 0.6) is 0 Å². The highest BCUT2D eigenvalue weighted by atomic mass is 79.9. The van der Waals surface area contributed by atoms with Crippen LogP contribution in [0.3, 0.4) is 0 Å². The SMILES string of the molecule is O=C(COC(=O)CCCC(=O)Nc1cccc2ccccc12)Nc1ccc(Br)cc1. The zero-order valence-corrected chi connectivity index (χ0v) is 17.8. The Balaban J connectivity index is 1.37. The monoisotopic (exact) mass is 468 g/mol. The first-order chi connectivity index (χ1) is 14.5. The summed E-state index contributed by atoms with van der Waals surface area (Å²) in [5.74, 6) is -1.11. The van der Waals surface area contributed by atoms with E-state index in [1.54, 1.807) is 24.3 Å². The maximum Gasteiger partial charge on any atom is 0.306 e. The number of carbonyl (C=O) groups excluding carboxylic acids is 3. The van der Waals surface area contributed by atoms with Crippen LogP contribution in [-0.2, 0) is 19.1 Å². The summed E-state index contributed by atoms with van der Waals surface area (Å²) in [6, 6.07) is 20.6. The van der Waals surface area contributed by atoms with Gasteiger partial charge in [0.2, 0.25) is 5.91 Å².